The normalized spacial score (nSPS) is 15.5. The maximum absolute atomic E-state index is 12.7. The van der Waals surface area contributed by atoms with Crippen molar-refractivity contribution < 1.29 is 4.79 Å². The molecule has 1 amide bonds. The molecule has 128 valence electrons. The number of aryl methyl sites for hydroxylation is 1. The van der Waals surface area contributed by atoms with Gasteiger partial charge in [-0.3, -0.25) is 14.3 Å². The maximum Gasteiger partial charge on any atom is 0.224 e. The minimum atomic E-state index is -0.0782. The first-order chi connectivity index (χ1) is 11.7. The predicted molar refractivity (Wildman–Crippen MR) is 94.9 cm³/mol. The first kappa shape index (κ1) is 16.7. The summed E-state index contributed by atoms with van der Waals surface area (Å²) in [5, 5.41) is 4.86. The third-order valence-electron chi connectivity index (χ3n) is 4.98. The molecular weight excluding hydrogens is 302 g/mol. The zero-order chi connectivity index (χ0) is 16.9. The molecule has 0 spiro atoms. The quantitative estimate of drug-likeness (QED) is 0.848. The molecule has 0 bridgehead atoms. The van der Waals surface area contributed by atoms with Gasteiger partial charge in [-0.2, -0.15) is 5.10 Å². The molecule has 1 aromatic heterocycles. The maximum atomic E-state index is 12.7. The van der Waals surface area contributed by atoms with Crippen molar-refractivity contribution in [1.82, 2.24) is 14.7 Å². The van der Waals surface area contributed by atoms with E-state index in [1.165, 1.54) is 25.5 Å². The number of para-hydroxylation sites is 1. The predicted octanol–water partition coefficient (Wildman–Crippen LogP) is 2.97. The van der Waals surface area contributed by atoms with Crippen LogP contribution in [0, 0.1) is 0 Å². The van der Waals surface area contributed by atoms with Gasteiger partial charge in [0.25, 0.3) is 0 Å². The van der Waals surface area contributed by atoms with Gasteiger partial charge in [-0.1, -0.05) is 31.4 Å². The Labute approximate surface area is 142 Å². The fourth-order valence-electron chi connectivity index (χ4n) is 3.72. The Balaban J connectivity index is 1.72. The van der Waals surface area contributed by atoms with E-state index >= 15 is 0 Å². The van der Waals surface area contributed by atoms with E-state index in [4.69, 9.17) is 0 Å². The van der Waals surface area contributed by atoms with E-state index < -0.39 is 0 Å². The van der Waals surface area contributed by atoms with Gasteiger partial charge in [0.15, 0.2) is 0 Å². The van der Waals surface area contributed by atoms with Crippen LogP contribution in [0.3, 0.4) is 0 Å². The minimum Gasteiger partial charge on any atom is -0.340 e. The lowest BCUT2D eigenvalue weighted by molar-refractivity contribution is -0.134. The summed E-state index contributed by atoms with van der Waals surface area (Å²) >= 11 is 0. The second-order valence-corrected chi connectivity index (χ2v) is 6.47. The number of fused-ring (bicyclic) bond motifs is 1. The highest BCUT2D eigenvalue weighted by atomic mass is 16.2. The molecule has 1 aliphatic carbocycles. The highest BCUT2D eigenvalue weighted by Gasteiger charge is 2.23. The van der Waals surface area contributed by atoms with Crippen LogP contribution in [0.15, 0.2) is 35.3 Å². The van der Waals surface area contributed by atoms with E-state index in [9.17, 15) is 9.59 Å². The molecule has 0 aliphatic heterocycles. The third kappa shape index (κ3) is 3.50. The van der Waals surface area contributed by atoms with Gasteiger partial charge < -0.3 is 4.90 Å². The third-order valence-corrected chi connectivity index (χ3v) is 4.98. The lowest BCUT2D eigenvalue weighted by Crippen LogP contribution is -2.41. The van der Waals surface area contributed by atoms with Crippen LogP contribution in [-0.4, -0.2) is 33.2 Å². The molecular formula is C19H25N3O2. The number of benzene rings is 1. The molecule has 0 saturated heterocycles. The second-order valence-electron chi connectivity index (χ2n) is 6.47. The number of rotatable bonds is 5. The summed E-state index contributed by atoms with van der Waals surface area (Å²) in [5.41, 5.74) is 0.712. The van der Waals surface area contributed by atoms with Crippen LogP contribution in [0.5, 0.6) is 0 Å². The fraction of sp³-hybridized carbons (Fsp3) is 0.526. The Bertz CT molecular complexity index is 763. The molecule has 5 heteroatoms. The van der Waals surface area contributed by atoms with Gasteiger partial charge in [-0.15, -0.1) is 0 Å². The number of carbonyl (C=O) groups excluding carboxylic acids is 1. The van der Waals surface area contributed by atoms with Gasteiger partial charge in [0, 0.05) is 24.4 Å². The Morgan fingerprint density at radius 3 is 2.75 bits per heavy atom. The van der Waals surface area contributed by atoms with Gasteiger partial charge in [-0.05, 0) is 31.9 Å². The van der Waals surface area contributed by atoms with Crippen molar-refractivity contribution in [3.63, 3.8) is 0 Å². The van der Waals surface area contributed by atoms with E-state index in [0.717, 1.165) is 24.9 Å². The van der Waals surface area contributed by atoms with Crippen molar-refractivity contribution >= 4 is 16.8 Å². The summed E-state index contributed by atoms with van der Waals surface area (Å²) in [6.45, 7) is 3.32. The lowest BCUT2D eigenvalue weighted by atomic mass is 9.94. The summed E-state index contributed by atoms with van der Waals surface area (Å²) in [6, 6.07) is 7.82. The summed E-state index contributed by atoms with van der Waals surface area (Å²) < 4.78 is 1.77. The fourth-order valence-corrected chi connectivity index (χ4v) is 3.72. The molecule has 0 atom stereocenters. The molecule has 1 aromatic carbocycles. The van der Waals surface area contributed by atoms with Crippen molar-refractivity contribution in [2.45, 2.75) is 58.0 Å². The van der Waals surface area contributed by atoms with Crippen LogP contribution < -0.4 is 5.43 Å². The number of hydrogen-bond acceptors (Lipinski definition) is 3. The average molecular weight is 327 g/mol. The monoisotopic (exact) mass is 327 g/mol. The smallest absolute Gasteiger partial charge is 0.224 e. The van der Waals surface area contributed by atoms with Crippen molar-refractivity contribution in [2.75, 3.05) is 6.54 Å². The number of aromatic nitrogens is 2. The molecule has 1 aliphatic rings. The number of carbonyl (C=O) groups is 1. The van der Waals surface area contributed by atoms with Crippen LogP contribution in [0.4, 0.5) is 0 Å². The minimum absolute atomic E-state index is 0.0782. The summed E-state index contributed by atoms with van der Waals surface area (Å²) in [5.74, 6) is 0.189. The van der Waals surface area contributed by atoms with Crippen LogP contribution >= 0.6 is 0 Å². The molecule has 1 heterocycles. The average Bonchev–Trinajstić information content (AvgIpc) is 2.63. The van der Waals surface area contributed by atoms with E-state index in [2.05, 4.69) is 12.0 Å². The second kappa shape index (κ2) is 7.60. The molecule has 3 rings (SSSR count). The van der Waals surface area contributed by atoms with Gasteiger partial charge in [0.1, 0.15) is 0 Å². The number of hydrogen-bond donors (Lipinski definition) is 0. The van der Waals surface area contributed by atoms with Gasteiger partial charge >= 0.3 is 0 Å². The molecule has 5 nitrogen and oxygen atoms in total. The largest absolute Gasteiger partial charge is 0.340 e. The molecule has 1 fully saturated rings. The summed E-state index contributed by atoms with van der Waals surface area (Å²) in [7, 11) is 0. The van der Waals surface area contributed by atoms with Crippen molar-refractivity contribution in [1.29, 1.82) is 0 Å². The van der Waals surface area contributed by atoms with Crippen molar-refractivity contribution in [2.24, 2.45) is 0 Å². The Hall–Kier alpha value is -2.17. The van der Waals surface area contributed by atoms with Gasteiger partial charge in [0.05, 0.1) is 18.3 Å². The number of amides is 1. The zero-order valence-electron chi connectivity index (χ0n) is 14.3. The van der Waals surface area contributed by atoms with E-state index in [0.29, 0.717) is 24.4 Å². The van der Waals surface area contributed by atoms with Crippen molar-refractivity contribution in [3.8, 4) is 0 Å². The van der Waals surface area contributed by atoms with Crippen LogP contribution in [0.2, 0.25) is 0 Å². The first-order valence-electron chi connectivity index (χ1n) is 8.95. The molecule has 0 unspecified atom stereocenters. The standard InChI is InChI=1S/C19H25N3O2/c1-2-21(15-8-4-3-5-9-15)19(24)12-13-22-17-11-7-6-10-16(17)18(23)14-20-22/h6-7,10-11,14-15H,2-5,8-9,12-13H2,1H3. The van der Waals surface area contributed by atoms with Crippen LogP contribution in [0.1, 0.15) is 45.4 Å². The summed E-state index contributed by atoms with van der Waals surface area (Å²) in [4.78, 5) is 26.6. The Kier molecular flexibility index (Phi) is 5.28. The Morgan fingerprint density at radius 2 is 2.00 bits per heavy atom. The molecule has 0 N–H and O–H groups in total. The SMILES string of the molecule is CCN(C(=O)CCn1ncc(=O)c2ccccc21)C1CCCCC1. The number of nitrogens with zero attached hydrogens (tertiary/aromatic N) is 3. The zero-order valence-corrected chi connectivity index (χ0v) is 14.3. The van der Waals surface area contributed by atoms with Crippen molar-refractivity contribution in [3.05, 3.63) is 40.7 Å². The van der Waals surface area contributed by atoms with Crippen LogP contribution in [0.25, 0.3) is 10.9 Å². The highest BCUT2D eigenvalue weighted by Crippen LogP contribution is 2.23. The molecule has 2 aromatic rings. The molecule has 0 radical (unpaired) electrons. The van der Waals surface area contributed by atoms with E-state index in [-0.39, 0.29) is 11.3 Å². The molecule has 1 saturated carbocycles. The van der Waals surface area contributed by atoms with Crippen LogP contribution in [-0.2, 0) is 11.3 Å². The van der Waals surface area contributed by atoms with E-state index in [1.807, 2.05) is 23.1 Å². The van der Waals surface area contributed by atoms with Gasteiger partial charge in [0.2, 0.25) is 11.3 Å². The van der Waals surface area contributed by atoms with Gasteiger partial charge in [-0.25, -0.2) is 0 Å². The topological polar surface area (TPSA) is 55.2 Å². The first-order valence-corrected chi connectivity index (χ1v) is 8.95. The highest BCUT2D eigenvalue weighted by molar-refractivity contribution is 5.79. The lowest BCUT2D eigenvalue weighted by Gasteiger charge is -2.33. The summed E-state index contributed by atoms with van der Waals surface area (Å²) in [6.07, 6.45) is 7.74. The van der Waals surface area contributed by atoms with E-state index in [1.54, 1.807) is 10.7 Å². The molecule has 24 heavy (non-hydrogen) atoms. The Morgan fingerprint density at radius 1 is 1.25 bits per heavy atom.